The summed E-state index contributed by atoms with van der Waals surface area (Å²) in [6, 6.07) is 13.4. The van der Waals surface area contributed by atoms with Crippen LogP contribution in [-0.2, 0) is 21.2 Å². The van der Waals surface area contributed by atoms with Crippen LogP contribution in [0.1, 0.15) is 25.0 Å². The number of Topliss-reactive ketones (excluding diaryl/α,β-unsaturated/α-hetero) is 1. The van der Waals surface area contributed by atoms with Crippen molar-refractivity contribution >= 4 is 37.7 Å². The standard InChI is InChI=1S/C26H24BrFN4O3S/c1-2-15-29-26-30-21(17-23(31-26)18-5-7-19(27)8-6-18)11-14-25(33)24-4-3-16-32(24)36(34,35)22-12-9-20(28)10-13-22/h1,5-10,12-13,17,24H,3-4,11,14-16H2,(H,29,30,31)/t24-/m0/s1. The molecule has 0 bridgehead atoms. The Balaban J connectivity index is 1.52. The van der Waals surface area contributed by atoms with Crippen LogP contribution in [0.5, 0.6) is 0 Å². The lowest BCUT2D eigenvalue weighted by molar-refractivity contribution is -0.122. The van der Waals surface area contributed by atoms with E-state index in [1.165, 1.54) is 16.4 Å². The van der Waals surface area contributed by atoms with E-state index < -0.39 is 21.9 Å². The van der Waals surface area contributed by atoms with Gasteiger partial charge in [-0.1, -0.05) is 34.0 Å². The van der Waals surface area contributed by atoms with Gasteiger partial charge in [0.05, 0.1) is 23.2 Å². The summed E-state index contributed by atoms with van der Waals surface area (Å²) in [5.41, 5.74) is 2.20. The Morgan fingerprint density at radius 3 is 2.58 bits per heavy atom. The van der Waals surface area contributed by atoms with Gasteiger partial charge >= 0.3 is 0 Å². The third-order valence-electron chi connectivity index (χ3n) is 5.89. The van der Waals surface area contributed by atoms with Gasteiger partial charge in [0.2, 0.25) is 16.0 Å². The van der Waals surface area contributed by atoms with Crippen LogP contribution in [0.3, 0.4) is 0 Å². The van der Waals surface area contributed by atoms with Crippen molar-refractivity contribution in [2.75, 3.05) is 18.4 Å². The molecule has 2 heterocycles. The van der Waals surface area contributed by atoms with Crippen molar-refractivity contribution in [2.24, 2.45) is 0 Å². The summed E-state index contributed by atoms with van der Waals surface area (Å²) in [6.45, 7) is 0.498. The lowest BCUT2D eigenvalue weighted by Gasteiger charge is -2.23. The highest BCUT2D eigenvalue weighted by molar-refractivity contribution is 9.10. The van der Waals surface area contributed by atoms with Crippen molar-refractivity contribution in [1.82, 2.24) is 14.3 Å². The summed E-state index contributed by atoms with van der Waals surface area (Å²) in [6.07, 6.45) is 6.82. The first-order valence-electron chi connectivity index (χ1n) is 11.4. The molecule has 0 spiro atoms. The summed E-state index contributed by atoms with van der Waals surface area (Å²) in [5, 5.41) is 2.98. The third-order valence-corrected chi connectivity index (χ3v) is 8.34. The molecule has 2 aromatic carbocycles. The number of hydrogen-bond donors (Lipinski definition) is 1. The molecule has 1 atom stereocenters. The second-order valence-corrected chi connectivity index (χ2v) is 11.1. The molecule has 186 valence electrons. The van der Waals surface area contributed by atoms with Gasteiger partial charge in [0.25, 0.3) is 0 Å². The molecule has 1 aliphatic heterocycles. The van der Waals surface area contributed by atoms with Crippen LogP contribution in [-0.4, -0.2) is 47.6 Å². The number of rotatable bonds is 9. The molecule has 36 heavy (non-hydrogen) atoms. The van der Waals surface area contributed by atoms with Crippen LogP contribution in [0.15, 0.2) is 64.0 Å². The SMILES string of the molecule is C#CCNc1nc(CCC(=O)[C@@H]2CCCN2S(=O)(=O)c2ccc(F)cc2)cc(-c2ccc(Br)cc2)n1. The van der Waals surface area contributed by atoms with Crippen LogP contribution in [0, 0.1) is 18.2 Å². The van der Waals surface area contributed by atoms with Crippen LogP contribution in [0.4, 0.5) is 10.3 Å². The van der Waals surface area contributed by atoms with Crippen LogP contribution >= 0.6 is 15.9 Å². The number of anilines is 1. The largest absolute Gasteiger partial charge is 0.343 e. The summed E-state index contributed by atoms with van der Waals surface area (Å²) in [4.78, 5) is 22.1. The maximum Gasteiger partial charge on any atom is 0.243 e. The average Bonchev–Trinajstić information content (AvgIpc) is 3.38. The van der Waals surface area contributed by atoms with E-state index in [-0.39, 0.29) is 30.2 Å². The average molecular weight is 571 g/mol. The fourth-order valence-corrected chi connectivity index (χ4v) is 6.06. The predicted octanol–water partition coefficient (Wildman–Crippen LogP) is 4.45. The molecular weight excluding hydrogens is 547 g/mol. The number of ketones is 1. The van der Waals surface area contributed by atoms with E-state index in [2.05, 4.69) is 37.1 Å². The maximum absolute atomic E-state index is 13.3. The van der Waals surface area contributed by atoms with Crippen molar-refractivity contribution < 1.29 is 17.6 Å². The molecule has 3 aromatic rings. The number of aryl methyl sites for hydroxylation is 1. The Morgan fingerprint density at radius 1 is 1.17 bits per heavy atom. The number of halogens is 2. The topological polar surface area (TPSA) is 92.3 Å². The highest BCUT2D eigenvalue weighted by Crippen LogP contribution is 2.28. The van der Waals surface area contributed by atoms with E-state index in [4.69, 9.17) is 6.42 Å². The Morgan fingerprint density at radius 2 is 1.89 bits per heavy atom. The number of nitrogens with one attached hydrogen (secondary N) is 1. The Labute approximate surface area is 218 Å². The summed E-state index contributed by atoms with van der Waals surface area (Å²) in [5.74, 6) is 2.15. The van der Waals surface area contributed by atoms with Crippen molar-refractivity contribution in [3.8, 4) is 23.6 Å². The smallest absolute Gasteiger partial charge is 0.243 e. The van der Waals surface area contributed by atoms with E-state index in [0.717, 1.165) is 22.2 Å². The van der Waals surface area contributed by atoms with Crippen molar-refractivity contribution in [3.63, 3.8) is 0 Å². The Bertz CT molecular complexity index is 1390. The molecule has 1 fully saturated rings. The normalized spacial score (nSPS) is 16.0. The van der Waals surface area contributed by atoms with Gasteiger partial charge in [-0.05, 0) is 61.7 Å². The summed E-state index contributed by atoms with van der Waals surface area (Å²) < 4.78 is 41.7. The Hall–Kier alpha value is -3.13. The van der Waals surface area contributed by atoms with Gasteiger partial charge < -0.3 is 5.32 Å². The number of hydrogen-bond acceptors (Lipinski definition) is 6. The molecule has 1 N–H and O–H groups in total. The highest BCUT2D eigenvalue weighted by atomic mass is 79.9. The van der Waals surface area contributed by atoms with Crippen LogP contribution in [0.2, 0.25) is 0 Å². The van der Waals surface area contributed by atoms with Gasteiger partial charge in [-0.3, -0.25) is 4.79 Å². The second-order valence-electron chi connectivity index (χ2n) is 8.33. The zero-order chi connectivity index (χ0) is 25.7. The molecule has 0 radical (unpaired) electrons. The molecular formula is C26H24BrFN4O3S. The molecule has 0 aliphatic carbocycles. The lowest BCUT2D eigenvalue weighted by Crippen LogP contribution is -2.40. The number of terminal acetylenes is 1. The fourth-order valence-electron chi connectivity index (χ4n) is 4.11. The van der Waals surface area contributed by atoms with Crippen LogP contribution < -0.4 is 5.32 Å². The number of benzene rings is 2. The molecule has 1 aliphatic rings. The zero-order valence-electron chi connectivity index (χ0n) is 19.3. The zero-order valence-corrected chi connectivity index (χ0v) is 21.7. The number of carbonyl (C=O) groups is 1. The number of sulfonamides is 1. The van der Waals surface area contributed by atoms with Gasteiger partial charge in [-0.15, -0.1) is 6.42 Å². The monoisotopic (exact) mass is 570 g/mol. The quantitative estimate of drug-likeness (QED) is 0.382. The van der Waals surface area contributed by atoms with Gasteiger partial charge in [-0.25, -0.2) is 22.8 Å². The molecule has 4 rings (SSSR count). The van der Waals surface area contributed by atoms with Crippen molar-refractivity contribution in [1.29, 1.82) is 0 Å². The molecule has 10 heteroatoms. The fraction of sp³-hybridized carbons (Fsp3) is 0.269. The molecule has 0 amide bonds. The van der Waals surface area contributed by atoms with Gasteiger partial charge in [0.15, 0.2) is 5.78 Å². The van der Waals surface area contributed by atoms with E-state index in [1.54, 1.807) is 0 Å². The van der Waals surface area contributed by atoms with E-state index in [0.29, 0.717) is 36.6 Å². The van der Waals surface area contributed by atoms with Crippen LogP contribution in [0.25, 0.3) is 11.3 Å². The Kier molecular flexibility index (Phi) is 8.14. The second kappa shape index (κ2) is 11.3. The summed E-state index contributed by atoms with van der Waals surface area (Å²) >= 11 is 3.42. The summed E-state index contributed by atoms with van der Waals surface area (Å²) in [7, 11) is -3.91. The van der Waals surface area contributed by atoms with Gasteiger partial charge in [-0.2, -0.15) is 4.31 Å². The molecule has 0 saturated carbocycles. The maximum atomic E-state index is 13.3. The number of nitrogens with zero attached hydrogens (tertiary/aromatic N) is 3. The lowest BCUT2D eigenvalue weighted by atomic mass is 10.0. The first-order chi connectivity index (χ1) is 17.3. The third kappa shape index (κ3) is 5.98. The minimum absolute atomic E-state index is 0.0252. The first-order valence-corrected chi connectivity index (χ1v) is 13.6. The van der Waals surface area contributed by atoms with E-state index >= 15 is 0 Å². The minimum atomic E-state index is -3.91. The molecule has 7 nitrogen and oxygen atoms in total. The van der Waals surface area contributed by atoms with Gasteiger partial charge in [0.1, 0.15) is 5.82 Å². The number of aromatic nitrogens is 2. The molecule has 1 aromatic heterocycles. The first kappa shape index (κ1) is 25.9. The van der Waals surface area contributed by atoms with Crippen molar-refractivity contribution in [2.45, 2.75) is 36.6 Å². The molecule has 1 saturated heterocycles. The van der Waals surface area contributed by atoms with E-state index in [1.807, 2.05) is 30.3 Å². The van der Waals surface area contributed by atoms with Crippen molar-refractivity contribution in [3.05, 3.63) is 70.6 Å². The number of carbonyl (C=O) groups excluding carboxylic acids is 1. The highest BCUT2D eigenvalue weighted by Gasteiger charge is 2.38. The predicted molar refractivity (Wildman–Crippen MR) is 139 cm³/mol. The minimum Gasteiger partial charge on any atom is -0.343 e. The van der Waals surface area contributed by atoms with E-state index in [9.17, 15) is 17.6 Å². The molecule has 0 unspecified atom stereocenters. The van der Waals surface area contributed by atoms with Gasteiger partial charge in [0, 0.05) is 28.7 Å².